The number of aliphatic carboxylic acids is 1. The Balaban J connectivity index is 1.94. The van der Waals surface area contributed by atoms with Crippen LogP contribution in [0.2, 0.25) is 5.02 Å². The van der Waals surface area contributed by atoms with Crippen molar-refractivity contribution in [1.82, 2.24) is 14.9 Å². The minimum atomic E-state index is -1.30. The molecule has 0 fully saturated rings. The summed E-state index contributed by atoms with van der Waals surface area (Å²) in [4.78, 5) is 41.8. The predicted molar refractivity (Wildman–Crippen MR) is 150 cm³/mol. The highest BCUT2D eigenvalue weighted by Crippen LogP contribution is 2.37. The van der Waals surface area contributed by atoms with Gasteiger partial charge in [-0.05, 0) is 33.7 Å². The molecule has 0 atom stereocenters. The van der Waals surface area contributed by atoms with Crippen molar-refractivity contribution in [3.63, 3.8) is 0 Å². The molecule has 1 aromatic heterocycles. The van der Waals surface area contributed by atoms with Gasteiger partial charge in [-0.1, -0.05) is 99.1 Å². The van der Waals surface area contributed by atoms with E-state index in [2.05, 4.69) is 31.1 Å². The molecule has 0 aliphatic rings. The molecule has 0 saturated carbocycles. The van der Waals surface area contributed by atoms with Crippen molar-refractivity contribution in [2.24, 2.45) is 0 Å². The summed E-state index contributed by atoms with van der Waals surface area (Å²) in [7, 11) is 0. The number of amides is 1. The Morgan fingerprint density at radius 3 is 2.26 bits per heavy atom. The van der Waals surface area contributed by atoms with Gasteiger partial charge >= 0.3 is 5.97 Å². The van der Waals surface area contributed by atoms with E-state index in [0.29, 0.717) is 16.1 Å². The number of benzene rings is 3. The number of rotatable bonds is 7. The monoisotopic (exact) mass is 545 g/mol. The van der Waals surface area contributed by atoms with Crippen molar-refractivity contribution in [3.8, 4) is 28.4 Å². The maximum atomic E-state index is 13.8. The molecular weight excluding hydrogens is 518 g/mol. The molecule has 0 saturated heterocycles. The van der Waals surface area contributed by atoms with Crippen LogP contribution in [0.15, 0.2) is 77.6 Å². The van der Waals surface area contributed by atoms with Gasteiger partial charge in [0.25, 0.3) is 11.5 Å². The number of hydrogen-bond donors (Lipinski definition) is 3. The number of aromatic hydroxyl groups is 1. The predicted octanol–water partition coefficient (Wildman–Crippen LogP) is 5.10. The molecule has 0 radical (unpaired) electrons. The average Bonchev–Trinajstić information content (AvgIpc) is 2.89. The summed E-state index contributed by atoms with van der Waals surface area (Å²) in [6, 6.07) is 22.4. The minimum Gasteiger partial charge on any atom is -0.493 e. The SMILES string of the molecule is CC(C)(C)c1ccc(Cn2c(-c3c(Cl)cccc3-c3ccccc3)nc(O)c(C(=O)NCC(=O)O)c2=O)cc1. The van der Waals surface area contributed by atoms with Gasteiger partial charge in [0.05, 0.1) is 11.6 Å². The molecule has 9 heteroatoms. The van der Waals surface area contributed by atoms with E-state index in [0.717, 1.165) is 16.7 Å². The second kappa shape index (κ2) is 11.1. The molecule has 0 unspecified atom stereocenters. The van der Waals surface area contributed by atoms with Gasteiger partial charge in [-0.25, -0.2) is 0 Å². The third-order valence-electron chi connectivity index (χ3n) is 6.26. The lowest BCUT2D eigenvalue weighted by Crippen LogP contribution is -2.37. The third-order valence-corrected chi connectivity index (χ3v) is 6.57. The molecule has 8 nitrogen and oxygen atoms in total. The van der Waals surface area contributed by atoms with Crippen LogP contribution in [-0.4, -0.2) is 38.2 Å². The quantitative estimate of drug-likeness (QED) is 0.297. The number of nitrogens with zero attached hydrogens (tertiary/aromatic N) is 2. The van der Waals surface area contributed by atoms with E-state index >= 15 is 0 Å². The van der Waals surface area contributed by atoms with Crippen LogP contribution in [0, 0.1) is 0 Å². The largest absolute Gasteiger partial charge is 0.493 e. The molecule has 0 aliphatic heterocycles. The topological polar surface area (TPSA) is 122 Å². The summed E-state index contributed by atoms with van der Waals surface area (Å²) in [6.07, 6.45) is 0. The molecular formula is C30H28ClN3O5. The van der Waals surface area contributed by atoms with E-state index in [9.17, 15) is 19.5 Å². The van der Waals surface area contributed by atoms with Crippen LogP contribution >= 0.6 is 11.6 Å². The first-order chi connectivity index (χ1) is 18.5. The molecule has 4 aromatic rings. The van der Waals surface area contributed by atoms with E-state index in [1.54, 1.807) is 12.1 Å². The summed E-state index contributed by atoms with van der Waals surface area (Å²) >= 11 is 6.67. The fraction of sp³-hybridized carbons (Fsp3) is 0.200. The summed E-state index contributed by atoms with van der Waals surface area (Å²) < 4.78 is 1.27. The number of nitrogens with one attached hydrogen (secondary N) is 1. The second-order valence-corrected chi connectivity index (χ2v) is 10.5. The van der Waals surface area contributed by atoms with Crippen LogP contribution in [0.25, 0.3) is 22.5 Å². The normalized spacial score (nSPS) is 11.3. The Bertz CT molecular complexity index is 1590. The van der Waals surface area contributed by atoms with Crippen LogP contribution in [0.4, 0.5) is 0 Å². The zero-order valence-corrected chi connectivity index (χ0v) is 22.5. The van der Waals surface area contributed by atoms with Crippen LogP contribution in [0.5, 0.6) is 5.88 Å². The fourth-order valence-electron chi connectivity index (χ4n) is 4.23. The Hall–Kier alpha value is -4.43. The van der Waals surface area contributed by atoms with E-state index in [1.165, 1.54) is 4.57 Å². The van der Waals surface area contributed by atoms with Crippen molar-refractivity contribution in [2.75, 3.05) is 6.54 Å². The van der Waals surface area contributed by atoms with E-state index in [1.807, 2.05) is 60.7 Å². The number of aromatic nitrogens is 2. The number of carbonyl (C=O) groups is 2. The van der Waals surface area contributed by atoms with Crippen LogP contribution in [-0.2, 0) is 16.8 Å². The van der Waals surface area contributed by atoms with Gasteiger partial charge in [-0.3, -0.25) is 19.0 Å². The van der Waals surface area contributed by atoms with Gasteiger partial charge in [0.1, 0.15) is 12.4 Å². The van der Waals surface area contributed by atoms with Crippen LogP contribution in [0.3, 0.4) is 0 Å². The maximum Gasteiger partial charge on any atom is 0.322 e. The summed E-state index contributed by atoms with van der Waals surface area (Å²) in [5.74, 6) is -3.10. The van der Waals surface area contributed by atoms with Crippen molar-refractivity contribution < 1.29 is 19.8 Å². The van der Waals surface area contributed by atoms with Crippen LogP contribution < -0.4 is 10.9 Å². The molecule has 1 amide bonds. The first-order valence-electron chi connectivity index (χ1n) is 12.2. The van der Waals surface area contributed by atoms with Crippen molar-refractivity contribution in [3.05, 3.63) is 105 Å². The molecule has 0 bridgehead atoms. The highest BCUT2D eigenvalue weighted by Gasteiger charge is 2.26. The van der Waals surface area contributed by atoms with E-state index in [4.69, 9.17) is 16.7 Å². The zero-order valence-electron chi connectivity index (χ0n) is 21.7. The molecule has 39 heavy (non-hydrogen) atoms. The highest BCUT2D eigenvalue weighted by molar-refractivity contribution is 6.34. The molecule has 3 N–H and O–H groups in total. The number of halogens is 1. The number of carboxylic acid groups (broad SMARTS) is 1. The lowest BCUT2D eigenvalue weighted by atomic mass is 9.87. The third kappa shape index (κ3) is 6.02. The van der Waals surface area contributed by atoms with Gasteiger partial charge in [0, 0.05) is 5.56 Å². The van der Waals surface area contributed by atoms with Crippen molar-refractivity contribution >= 4 is 23.5 Å². The Morgan fingerprint density at radius 1 is 0.974 bits per heavy atom. The maximum absolute atomic E-state index is 13.8. The van der Waals surface area contributed by atoms with Crippen LogP contribution in [0.1, 0.15) is 42.3 Å². The van der Waals surface area contributed by atoms with Gasteiger partial charge < -0.3 is 15.5 Å². The van der Waals surface area contributed by atoms with Crippen molar-refractivity contribution in [1.29, 1.82) is 0 Å². The molecule has 4 rings (SSSR count). The van der Waals surface area contributed by atoms with Gasteiger partial charge in [0.15, 0.2) is 5.56 Å². The highest BCUT2D eigenvalue weighted by atomic mass is 35.5. The number of carbonyl (C=O) groups excluding carboxylic acids is 1. The van der Waals surface area contributed by atoms with E-state index < -0.39 is 35.4 Å². The first-order valence-corrected chi connectivity index (χ1v) is 12.6. The molecule has 0 aliphatic carbocycles. The summed E-state index contributed by atoms with van der Waals surface area (Å²) in [5.41, 5.74) is 2.19. The van der Waals surface area contributed by atoms with Gasteiger partial charge in [-0.2, -0.15) is 4.98 Å². The van der Waals surface area contributed by atoms with Gasteiger partial charge in [-0.15, -0.1) is 0 Å². The standard InChI is InChI=1S/C30H28ClN3O5/c1-30(2,3)20-14-12-18(13-15-20)17-34-26(33-28(38)25(29(34)39)27(37)32-16-23(35)36)24-21(10-7-11-22(24)31)19-8-5-4-6-9-19/h4-15,38H,16-17H2,1-3H3,(H,32,37)(H,35,36). The summed E-state index contributed by atoms with van der Waals surface area (Å²) in [6.45, 7) is 5.58. The zero-order chi connectivity index (χ0) is 28.3. The number of carboxylic acids is 1. The lowest BCUT2D eigenvalue weighted by molar-refractivity contribution is -0.135. The Labute approximate surface area is 230 Å². The molecule has 0 spiro atoms. The van der Waals surface area contributed by atoms with Crippen molar-refractivity contribution in [2.45, 2.75) is 32.7 Å². The smallest absolute Gasteiger partial charge is 0.322 e. The minimum absolute atomic E-state index is 0.0184. The fourth-order valence-corrected chi connectivity index (χ4v) is 4.49. The second-order valence-electron chi connectivity index (χ2n) is 10.1. The lowest BCUT2D eigenvalue weighted by Gasteiger charge is -2.20. The summed E-state index contributed by atoms with van der Waals surface area (Å²) in [5, 5.41) is 22.1. The molecule has 1 heterocycles. The Kier molecular flexibility index (Phi) is 7.88. The molecule has 3 aromatic carbocycles. The molecule has 200 valence electrons. The van der Waals surface area contributed by atoms with E-state index in [-0.39, 0.29) is 17.8 Å². The Morgan fingerprint density at radius 2 is 1.64 bits per heavy atom. The van der Waals surface area contributed by atoms with Gasteiger partial charge in [0.2, 0.25) is 5.88 Å². The number of hydrogen-bond acceptors (Lipinski definition) is 5. The average molecular weight is 546 g/mol. The first kappa shape index (κ1) is 27.6.